The Bertz CT molecular complexity index is 819. The summed E-state index contributed by atoms with van der Waals surface area (Å²) < 4.78 is 15.0. The average molecular weight is 420 g/mol. The Morgan fingerprint density at radius 2 is 1.72 bits per heavy atom. The predicted molar refractivity (Wildman–Crippen MR) is 107 cm³/mol. The highest BCUT2D eigenvalue weighted by Crippen LogP contribution is 2.41. The highest BCUT2D eigenvalue weighted by atomic mass is 32.1. The molecule has 0 spiro atoms. The fraction of sp³-hybridized carbons (Fsp3) is 0.500. The summed E-state index contributed by atoms with van der Waals surface area (Å²) in [6, 6.07) is 8.64. The van der Waals surface area contributed by atoms with Gasteiger partial charge in [-0.05, 0) is 49.4 Å². The quantitative estimate of drug-likeness (QED) is 0.711. The summed E-state index contributed by atoms with van der Waals surface area (Å²) in [5.41, 5.74) is 3.64. The van der Waals surface area contributed by atoms with Gasteiger partial charge in [0.2, 0.25) is 5.88 Å². The molecule has 2 aromatic rings. The second kappa shape index (κ2) is 9.80. The second-order valence-corrected chi connectivity index (χ2v) is 7.80. The molecule has 2 bridgehead atoms. The van der Waals surface area contributed by atoms with E-state index in [0.29, 0.717) is 12.5 Å². The van der Waals surface area contributed by atoms with Crippen LogP contribution in [0.15, 0.2) is 24.3 Å². The van der Waals surface area contributed by atoms with Crippen molar-refractivity contribution in [1.82, 2.24) is 13.6 Å². The zero-order valence-corrected chi connectivity index (χ0v) is 17.1. The zero-order chi connectivity index (χ0) is 20.8. The minimum Gasteiger partial charge on any atom is -0.473 e. The Morgan fingerprint density at radius 3 is 2.24 bits per heavy atom. The van der Waals surface area contributed by atoms with Crippen LogP contribution in [0.4, 0.5) is 0 Å². The van der Waals surface area contributed by atoms with E-state index in [2.05, 4.69) is 44.8 Å². The van der Waals surface area contributed by atoms with Crippen molar-refractivity contribution in [3.05, 3.63) is 41.1 Å². The number of carbonyl (C=O) groups is 2. The van der Waals surface area contributed by atoms with E-state index >= 15 is 0 Å². The van der Waals surface area contributed by atoms with Crippen LogP contribution < -0.4 is 4.74 Å². The lowest BCUT2D eigenvalue weighted by molar-refractivity contribution is -0.159. The topological polar surface area (TPSA) is 113 Å². The highest BCUT2D eigenvalue weighted by Gasteiger charge is 2.38. The maximum absolute atomic E-state index is 9.10. The molecule has 4 heterocycles. The number of piperidine rings is 3. The Balaban J connectivity index is 0.000000353. The Hall–Kier alpha value is -2.52. The van der Waals surface area contributed by atoms with Crippen LogP contribution >= 0.6 is 11.7 Å². The maximum Gasteiger partial charge on any atom is 0.414 e. The molecule has 8 nitrogen and oxygen atoms in total. The molecule has 9 heteroatoms. The molecule has 3 aliphatic rings. The summed E-state index contributed by atoms with van der Waals surface area (Å²) in [5.74, 6) is -1.62. The van der Waals surface area contributed by atoms with Crippen LogP contribution in [0.2, 0.25) is 0 Å². The van der Waals surface area contributed by atoms with E-state index in [-0.39, 0.29) is 0 Å². The van der Waals surface area contributed by atoms with Gasteiger partial charge in [-0.15, -0.1) is 4.37 Å². The van der Waals surface area contributed by atoms with E-state index in [1.807, 2.05) is 0 Å². The van der Waals surface area contributed by atoms with Crippen LogP contribution in [-0.2, 0) is 22.6 Å². The lowest BCUT2D eigenvalue weighted by atomic mass is 9.77. The van der Waals surface area contributed by atoms with Gasteiger partial charge in [0.15, 0.2) is 0 Å². The predicted octanol–water partition coefficient (Wildman–Crippen LogP) is 2.64. The molecule has 1 unspecified atom stereocenters. The zero-order valence-electron chi connectivity index (χ0n) is 16.3. The van der Waals surface area contributed by atoms with Crippen molar-refractivity contribution in [2.45, 2.75) is 38.7 Å². The number of carboxylic acid groups (broad SMARTS) is 2. The van der Waals surface area contributed by atoms with E-state index < -0.39 is 11.9 Å². The molecule has 1 atom stereocenters. The van der Waals surface area contributed by atoms with Gasteiger partial charge >= 0.3 is 11.9 Å². The van der Waals surface area contributed by atoms with E-state index in [0.717, 1.165) is 30.5 Å². The fourth-order valence-electron chi connectivity index (χ4n) is 3.81. The number of hydrogen-bond acceptors (Lipinski definition) is 7. The second-order valence-electron chi connectivity index (χ2n) is 7.27. The van der Waals surface area contributed by atoms with E-state index in [1.54, 1.807) is 0 Å². The Kier molecular flexibility index (Phi) is 7.16. The highest BCUT2D eigenvalue weighted by molar-refractivity contribution is 6.99. The van der Waals surface area contributed by atoms with Crippen LogP contribution in [0, 0.1) is 5.92 Å². The summed E-state index contributed by atoms with van der Waals surface area (Å²) in [4.78, 5) is 20.8. The number of aryl methyl sites for hydroxylation is 1. The summed E-state index contributed by atoms with van der Waals surface area (Å²) >= 11 is 1.28. The molecular formula is C20H25N3O5S. The van der Waals surface area contributed by atoms with Gasteiger partial charge < -0.3 is 19.8 Å². The Morgan fingerprint density at radius 1 is 1.10 bits per heavy atom. The molecule has 5 rings (SSSR count). The number of benzene rings is 1. The summed E-state index contributed by atoms with van der Waals surface area (Å²) in [6.07, 6.45) is 3.65. The normalized spacial score (nSPS) is 22.4. The third-order valence-corrected chi connectivity index (χ3v) is 6.00. The molecule has 0 aliphatic carbocycles. The molecule has 3 fully saturated rings. The molecule has 156 valence electrons. The molecule has 0 radical (unpaired) electrons. The molecule has 3 saturated heterocycles. The van der Waals surface area contributed by atoms with Gasteiger partial charge in [0.25, 0.3) is 0 Å². The van der Waals surface area contributed by atoms with E-state index in [1.165, 1.54) is 48.8 Å². The van der Waals surface area contributed by atoms with Crippen molar-refractivity contribution in [2.24, 2.45) is 5.92 Å². The third-order valence-electron chi connectivity index (χ3n) is 5.48. The molecule has 0 amide bonds. The first-order chi connectivity index (χ1) is 14.0. The lowest BCUT2D eigenvalue weighted by Gasteiger charge is -2.44. The number of nitrogens with zero attached hydrogens (tertiary/aromatic N) is 3. The molecule has 0 saturated carbocycles. The minimum absolute atomic E-state index is 0.508. The van der Waals surface area contributed by atoms with Crippen molar-refractivity contribution in [3.63, 3.8) is 0 Å². The first-order valence-corrected chi connectivity index (χ1v) is 10.4. The number of ether oxygens (including phenoxy) is 1. The van der Waals surface area contributed by atoms with Crippen LogP contribution in [0.25, 0.3) is 0 Å². The van der Waals surface area contributed by atoms with Gasteiger partial charge in [0.1, 0.15) is 12.3 Å². The van der Waals surface area contributed by atoms with Gasteiger partial charge in [0, 0.05) is 12.5 Å². The number of carboxylic acids is 2. The van der Waals surface area contributed by atoms with Gasteiger partial charge in [-0.3, -0.25) is 0 Å². The third kappa shape index (κ3) is 5.51. The number of rotatable bonds is 5. The fourth-order valence-corrected chi connectivity index (χ4v) is 4.37. The number of fused-ring (bicyclic) bond motifs is 3. The maximum atomic E-state index is 9.10. The molecular weight excluding hydrogens is 394 g/mol. The molecule has 1 aromatic heterocycles. The van der Waals surface area contributed by atoms with E-state index in [4.69, 9.17) is 24.5 Å². The van der Waals surface area contributed by atoms with Crippen LogP contribution in [0.3, 0.4) is 0 Å². The van der Waals surface area contributed by atoms with Crippen molar-refractivity contribution in [1.29, 1.82) is 0 Å². The molecule has 3 aliphatic heterocycles. The average Bonchev–Trinajstić information content (AvgIpc) is 3.22. The van der Waals surface area contributed by atoms with Gasteiger partial charge in [0.05, 0.1) is 11.7 Å². The van der Waals surface area contributed by atoms with Gasteiger partial charge in [-0.2, -0.15) is 4.37 Å². The van der Waals surface area contributed by atoms with E-state index in [9.17, 15) is 0 Å². The van der Waals surface area contributed by atoms with Crippen molar-refractivity contribution < 1.29 is 24.5 Å². The van der Waals surface area contributed by atoms with Crippen LogP contribution in [0.5, 0.6) is 5.88 Å². The summed E-state index contributed by atoms with van der Waals surface area (Å²) in [5, 5.41) is 14.8. The molecule has 2 N–H and O–H groups in total. The smallest absolute Gasteiger partial charge is 0.414 e. The largest absolute Gasteiger partial charge is 0.473 e. The first-order valence-electron chi connectivity index (χ1n) is 9.69. The summed E-state index contributed by atoms with van der Waals surface area (Å²) in [6.45, 7) is 6.37. The Labute approximate surface area is 173 Å². The summed E-state index contributed by atoms with van der Waals surface area (Å²) in [7, 11) is 0. The van der Waals surface area contributed by atoms with Gasteiger partial charge in [-0.1, -0.05) is 31.2 Å². The number of aromatic nitrogens is 2. The molecule has 1 aromatic carbocycles. The molecule has 29 heavy (non-hydrogen) atoms. The SMILES string of the molecule is CCc1ccc(COc2nsnc2C2CN3CCC2CC3)cc1.O=C(O)C(=O)O. The monoisotopic (exact) mass is 419 g/mol. The van der Waals surface area contributed by atoms with Crippen LogP contribution in [0.1, 0.15) is 42.5 Å². The first kappa shape index (κ1) is 21.2. The van der Waals surface area contributed by atoms with Crippen molar-refractivity contribution in [2.75, 3.05) is 19.6 Å². The van der Waals surface area contributed by atoms with Crippen molar-refractivity contribution >= 4 is 23.7 Å². The van der Waals surface area contributed by atoms with Gasteiger partial charge in [-0.25, -0.2) is 9.59 Å². The minimum atomic E-state index is -1.82. The van der Waals surface area contributed by atoms with Crippen molar-refractivity contribution in [3.8, 4) is 5.88 Å². The van der Waals surface area contributed by atoms with Crippen LogP contribution in [-0.4, -0.2) is 55.4 Å². The number of hydrogen-bond donors (Lipinski definition) is 2. The number of aliphatic carboxylic acids is 2. The lowest BCUT2D eigenvalue weighted by Crippen LogP contribution is -2.46. The standard InChI is InChI=1S/C18H23N3OS.C2H2O4/c1-2-13-3-5-14(6-4-13)12-22-18-17(19-23-20-18)16-11-21-9-7-15(16)8-10-21;3-1(4)2(5)6/h3-6,15-16H,2,7-12H2,1H3;(H,3,4)(H,5,6).